The third-order valence-corrected chi connectivity index (χ3v) is 3.99. The van der Waals surface area contributed by atoms with E-state index in [1.165, 1.54) is 0 Å². The average Bonchev–Trinajstić information content (AvgIpc) is 3.09. The molecule has 0 aliphatic rings. The van der Waals surface area contributed by atoms with Gasteiger partial charge in [0, 0.05) is 30.4 Å². The lowest BCUT2D eigenvalue weighted by Crippen LogP contribution is -2.36. The van der Waals surface area contributed by atoms with Crippen LogP contribution in [0.25, 0.3) is 5.69 Å². The Bertz CT molecular complexity index is 847. The van der Waals surface area contributed by atoms with Gasteiger partial charge >= 0.3 is 6.03 Å². The maximum atomic E-state index is 12.2. The largest absolute Gasteiger partial charge is 0.334 e. The first-order valence-electron chi connectivity index (χ1n) is 7.94. The fraction of sp³-hybridized carbons (Fsp3) is 0.158. The quantitative estimate of drug-likeness (QED) is 0.756. The summed E-state index contributed by atoms with van der Waals surface area (Å²) in [4.78, 5) is 13.9. The minimum atomic E-state index is -0.146. The first kappa shape index (κ1) is 17.0. The Morgan fingerprint density at radius 2 is 1.96 bits per heavy atom. The normalized spacial score (nSPS) is 10.5. The first-order chi connectivity index (χ1) is 12.1. The van der Waals surface area contributed by atoms with Gasteiger partial charge < -0.3 is 10.2 Å². The Kier molecular flexibility index (Phi) is 5.36. The second-order valence-corrected chi connectivity index (χ2v) is 6.21. The molecule has 0 unspecified atom stereocenters. The molecule has 25 heavy (non-hydrogen) atoms. The van der Waals surface area contributed by atoms with Gasteiger partial charge in [-0.1, -0.05) is 41.9 Å². The van der Waals surface area contributed by atoms with Crippen molar-refractivity contribution in [1.82, 2.24) is 20.0 Å². The number of nitrogens with one attached hydrogen (secondary N) is 1. The van der Waals surface area contributed by atoms with Gasteiger partial charge in [0.1, 0.15) is 0 Å². The van der Waals surface area contributed by atoms with Crippen LogP contribution in [0.3, 0.4) is 0 Å². The Hall–Kier alpha value is -2.79. The highest BCUT2D eigenvalue weighted by molar-refractivity contribution is 6.30. The van der Waals surface area contributed by atoms with Crippen LogP contribution in [-0.2, 0) is 13.1 Å². The summed E-state index contributed by atoms with van der Waals surface area (Å²) in [5.74, 6) is 0. The monoisotopic (exact) mass is 354 g/mol. The summed E-state index contributed by atoms with van der Waals surface area (Å²) in [5, 5.41) is 7.89. The van der Waals surface area contributed by atoms with E-state index in [0.29, 0.717) is 18.1 Å². The fourth-order valence-electron chi connectivity index (χ4n) is 2.47. The van der Waals surface area contributed by atoms with Crippen LogP contribution in [0.5, 0.6) is 0 Å². The van der Waals surface area contributed by atoms with Gasteiger partial charge in [-0.25, -0.2) is 9.48 Å². The van der Waals surface area contributed by atoms with Crippen molar-refractivity contribution >= 4 is 17.6 Å². The number of carbonyl (C=O) groups is 1. The highest BCUT2D eigenvalue weighted by Crippen LogP contribution is 2.11. The minimum Gasteiger partial charge on any atom is -0.334 e. The van der Waals surface area contributed by atoms with Gasteiger partial charge in [-0.05, 0) is 29.8 Å². The summed E-state index contributed by atoms with van der Waals surface area (Å²) in [6.45, 7) is 0.918. The lowest BCUT2D eigenvalue weighted by atomic mass is 10.2. The van der Waals surface area contributed by atoms with Crippen molar-refractivity contribution in [3.05, 3.63) is 83.1 Å². The van der Waals surface area contributed by atoms with Crippen molar-refractivity contribution in [2.75, 3.05) is 7.05 Å². The molecule has 3 aromatic rings. The average molecular weight is 355 g/mol. The molecule has 0 saturated carbocycles. The van der Waals surface area contributed by atoms with Crippen molar-refractivity contribution in [1.29, 1.82) is 0 Å². The highest BCUT2D eigenvalue weighted by Gasteiger charge is 2.10. The first-order valence-corrected chi connectivity index (χ1v) is 8.32. The zero-order chi connectivity index (χ0) is 17.6. The van der Waals surface area contributed by atoms with Crippen LogP contribution in [-0.4, -0.2) is 27.8 Å². The Morgan fingerprint density at radius 1 is 1.16 bits per heavy atom. The number of nitrogens with zero attached hydrogens (tertiary/aromatic N) is 3. The van der Waals surface area contributed by atoms with E-state index in [-0.39, 0.29) is 6.03 Å². The Morgan fingerprint density at radius 3 is 2.72 bits per heavy atom. The SMILES string of the molecule is CN(Cc1cnn(-c2ccccc2)c1)C(=O)NCc1cccc(Cl)c1. The van der Waals surface area contributed by atoms with Crippen LogP contribution in [0.2, 0.25) is 5.02 Å². The van der Waals surface area contributed by atoms with Gasteiger partial charge in [0.15, 0.2) is 0 Å². The lowest BCUT2D eigenvalue weighted by Gasteiger charge is -2.17. The zero-order valence-corrected chi connectivity index (χ0v) is 14.6. The van der Waals surface area contributed by atoms with Gasteiger partial charge in [0.25, 0.3) is 0 Å². The predicted molar refractivity (Wildman–Crippen MR) is 98.7 cm³/mol. The van der Waals surface area contributed by atoms with Crippen molar-refractivity contribution in [2.45, 2.75) is 13.1 Å². The molecule has 6 heteroatoms. The molecular formula is C19H19ClN4O. The van der Waals surface area contributed by atoms with Crippen molar-refractivity contribution in [2.24, 2.45) is 0 Å². The van der Waals surface area contributed by atoms with Gasteiger partial charge in [-0.15, -0.1) is 0 Å². The molecule has 0 spiro atoms. The molecule has 1 heterocycles. The van der Waals surface area contributed by atoms with Gasteiger partial charge in [0.05, 0.1) is 18.4 Å². The summed E-state index contributed by atoms with van der Waals surface area (Å²) in [7, 11) is 1.76. The Labute approximate surface area is 151 Å². The van der Waals surface area contributed by atoms with E-state index in [0.717, 1.165) is 16.8 Å². The van der Waals surface area contributed by atoms with Crippen molar-refractivity contribution in [3.8, 4) is 5.69 Å². The maximum Gasteiger partial charge on any atom is 0.317 e. The van der Waals surface area contributed by atoms with Crippen LogP contribution in [0.4, 0.5) is 4.79 Å². The maximum absolute atomic E-state index is 12.2. The molecule has 1 aromatic heterocycles. The Balaban J connectivity index is 1.56. The molecule has 0 fully saturated rings. The standard InChI is InChI=1S/C19H19ClN4O/c1-23(19(25)21-11-15-6-5-7-17(20)10-15)13-16-12-22-24(14-16)18-8-3-2-4-9-18/h2-10,12,14H,11,13H2,1H3,(H,21,25). The minimum absolute atomic E-state index is 0.146. The summed E-state index contributed by atoms with van der Waals surface area (Å²) in [6.07, 6.45) is 3.70. The number of hydrogen-bond donors (Lipinski definition) is 1. The van der Waals surface area contributed by atoms with Crippen LogP contribution < -0.4 is 5.32 Å². The molecule has 5 nitrogen and oxygen atoms in total. The van der Waals surface area contributed by atoms with E-state index >= 15 is 0 Å². The number of urea groups is 1. The molecule has 0 atom stereocenters. The van der Waals surface area contributed by atoms with Gasteiger partial charge in [0.2, 0.25) is 0 Å². The van der Waals surface area contributed by atoms with Crippen LogP contribution in [0.1, 0.15) is 11.1 Å². The molecule has 0 saturated heterocycles. The van der Waals surface area contributed by atoms with Gasteiger partial charge in [-0.3, -0.25) is 0 Å². The number of para-hydroxylation sites is 1. The number of halogens is 1. The van der Waals surface area contributed by atoms with Gasteiger partial charge in [-0.2, -0.15) is 5.10 Å². The van der Waals surface area contributed by atoms with E-state index in [1.807, 2.05) is 60.8 Å². The third kappa shape index (κ3) is 4.61. The topological polar surface area (TPSA) is 50.2 Å². The van der Waals surface area contributed by atoms with E-state index in [9.17, 15) is 4.79 Å². The zero-order valence-electron chi connectivity index (χ0n) is 13.9. The summed E-state index contributed by atoms with van der Waals surface area (Å²) >= 11 is 5.95. The smallest absolute Gasteiger partial charge is 0.317 e. The van der Waals surface area contributed by atoms with E-state index in [4.69, 9.17) is 11.6 Å². The van der Waals surface area contributed by atoms with E-state index in [2.05, 4.69) is 10.4 Å². The second-order valence-electron chi connectivity index (χ2n) is 5.77. The van der Waals surface area contributed by atoms with E-state index in [1.54, 1.807) is 22.8 Å². The van der Waals surface area contributed by atoms with E-state index < -0.39 is 0 Å². The van der Waals surface area contributed by atoms with Crippen molar-refractivity contribution < 1.29 is 4.79 Å². The molecular weight excluding hydrogens is 336 g/mol. The lowest BCUT2D eigenvalue weighted by molar-refractivity contribution is 0.206. The summed E-state index contributed by atoms with van der Waals surface area (Å²) in [6, 6.07) is 17.2. The predicted octanol–water partition coefficient (Wildman–Crippen LogP) is 3.87. The molecule has 2 amide bonds. The van der Waals surface area contributed by atoms with Crippen LogP contribution >= 0.6 is 11.6 Å². The molecule has 0 radical (unpaired) electrons. The van der Waals surface area contributed by atoms with Crippen LogP contribution in [0, 0.1) is 0 Å². The summed E-state index contributed by atoms with van der Waals surface area (Å²) < 4.78 is 1.80. The highest BCUT2D eigenvalue weighted by atomic mass is 35.5. The molecule has 128 valence electrons. The molecule has 0 aliphatic heterocycles. The number of benzene rings is 2. The number of amides is 2. The van der Waals surface area contributed by atoms with Crippen LogP contribution in [0.15, 0.2) is 67.0 Å². The third-order valence-electron chi connectivity index (χ3n) is 3.76. The number of aromatic nitrogens is 2. The molecule has 0 aliphatic carbocycles. The number of rotatable bonds is 5. The fourth-order valence-corrected chi connectivity index (χ4v) is 2.68. The molecule has 3 rings (SSSR count). The molecule has 0 bridgehead atoms. The summed E-state index contributed by atoms with van der Waals surface area (Å²) in [5.41, 5.74) is 2.91. The number of carbonyl (C=O) groups excluding carboxylic acids is 1. The number of hydrogen-bond acceptors (Lipinski definition) is 2. The second kappa shape index (κ2) is 7.85. The van der Waals surface area contributed by atoms with Crippen molar-refractivity contribution in [3.63, 3.8) is 0 Å². The molecule has 2 aromatic carbocycles. The molecule has 1 N–H and O–H groups in total.